The number of benzene rings is 4. The zero-order valence-corrected chi connectivity index (χ0v) is 43.2. The first-order valence-electron chi connectivity index (χ1n) is 23.7. The van der Waals surface area contributed by atoms with Crippen molar-refractivity contribution in [2.24, 2.45) is 5.92 Å². The van der Waals surface area contributed by atoms with Crippen LogP contribution < -0.4 is 43.2 Å². The summed E-state index contributed by atoms with van der Waals surface area (Å²) in [5.41, 5.74) is -1.81. The van der Waals surface area contributed by atoms with Gasteiger partial charge in [0, 0.05) is 42.1 Å². The van der Waals surface area contributed by atoms with Gasteiger partial charge in [-0.25, -0.2) is 9.59 Å². The lowest BCUT2D eigenvalue weighted by atomic mass is 10.0. The van der Waals surface area contributed by atoms with Crippen LogP contribution in [-0.4, -0.2) is 83.4 Å². The second-order valence-corrected chi connectivity index (χ2v) is 29.9. The van der Waals surface area contributed by atoms with Crippen LogP contribution in [0.4, 0.5) is 0 Å². The Bertz CT molecular complexity index is 2820. The van der Waals surface area contributed by atoms with Crippen LogP contribution in [0.25, 0.3) is 0 Å². The van der Waals surface area contributed by atoms with Gasteiger partial charge in [0.25, 0.3) is 27.8 Å². The minimum Gasteiger partial charge on any atom is -0.405 e. The van der Waals surface area contributed by atoms with Gasteiger partial charge in [-0.2, -0.15) is 11.8 Å². The Morgan fingerprint density at radius 1 is 0.681 bits per heavy atom. The summed E-state index contributed by atoms with van der Waals surface area (Å²) >= 11 is 1.63. The molecule has 2 aromatic heterocycles. The molecule has 364 valence electrons. The Labute approximate surface area is 409 Å². The van der Waals surface area contributed by atoms with E-state index in [1.54, 1.807) is 24.9 Å². The van der Waals surface area contributed by atoms with Gasteiger partial charge in [0.1, 0.15) is 12.3 Å². The predicted octanol–water partition coefficient (Wildman–Crippen LogP) is 5.20. The first-order valence-corrected chi connectivity index (χ1v) is 28.7. The molecule has 0 bridgehead atoms. The number of aliphatic hydroxyl groups is 1. The number of hydrogen-bond donors (Lipinski definition) is 3. The summed E-state index contributed by atoms with van der Waals surface area (Å²) in [5.74, 6) is 0.548. The van der Waals surface area contributed by atoms with E-state index in [0.29, 0.717) is 29.9 Å². The highest BCUT2D eigenvalue weighted by Crippen LogP contribution is 2.43. The van der Waals surface area contributed by atoms with Crippen LogP contribution in [0, 0.1) is 12.8 Å². The largest absolute Gasteiger partial charge is 0.405 e. The maximum absolute atomic E-state index is 13.4. The molecule has 2 aliphatic rings. The topological polar surface area (TPSA) is 167 Å². The monoisotopic (exact) mass is 988 g/mol. The number of hydrogen-bond acceptors (Lipinski definition) is 10. The predicted molar refractivity (Wildman–Crippen MR) is 277 cm³/mol. The molecule has 0 aliphatic carbocycles. The SMILES string of the molecule is Cc1cn([C@H]2C[C@H](O[Si](c3ccccc3)(c3ccccc3)C(C)(C)C)[C@@H](CCSC[C@H]3[C@@H](O)[C@H](n4ccc(=O)[nH]c4=O)O[C@@H]3CO[Si](c3ccccc3)(c3ccccc3)C(C)(C)C)O2)c(=O)[nH]c1=O. The third-order valence-corrected chi connectivity index (χ3v) is 25.0. The molecule has 6 aromatic rings. The molecule has 2 saturated heterocycles. The van der Waals surface area contributed by atoms with Gasteiger partial charge in [-0.15, -0.1) is 0 Å². The number of ether oxygens (including phenoxy) is 2. The van der Waals surface area contributed by atoms with E-state index in [4.69, 9.17) is 18.3 Å². The van der Waals surface area contributed by atoms with Crippen molar-refractivity contribution in [2.75, 3.05) is 18.1 Å². The van der Waals surface area contributed by atoms with E-state index >= 15 is 0 Å². The number of aryl methyl sites for hydroxylation is 1. The second-order valence-electron chi connectivity index (χ2n) is 20.2. The summed E-state index contributed by atoms with van der Waals surface area (Å²) in [5, 5.41) is 16.0. The van der Waals surface area contributed by atoms with E-state index in [-0.39, 0.29) is 16.7 Å². The lowest BCUT2D eigenvalue weighted by molar-refractivity contribution is -0.0515. The van der Waals surface area contributed by atoms with Crippen molar-refractivity contribution in [2.45, 2.75) is 108 Å². The molecule has 13 nitrogen and oxygen atoms in total. The molecule has 3 N–H and O–H groups in total. The molecule has 0 amide bonds. The summed E-state index contributed by atoms with van der Waals surface area (Å²) in [6.45, 7) is 15.1. The van der Waals surface area contributed by atoms with Gasteiger partial charge in [0.05, 0.1) is 24.9 Å². The van der Waals surface area contributed by atoms with Crippen LogP contribution in [-0.2, 0) is 18.3 Å². The molecule has 2 aliphatic heterocycles. The van der Waals surface area contributed by atoms with Crippen molar-refractivity contribution in [1.82, 2.24) is 19.1 Å². The first-order chi connectivity index (χ1) is 32.9. The molecule has 2 fully saturated rings. The summed E-state index contributed by atoms with van der Waals surface area (Å²) in [7, 11) is -6.12. The van der Waals surface area contributed by atoms with Crippen molar-refractivity contribution in [3.05, 3.63) is 187 Å². The highest BCUT2D eigenvalue weighted by Gasteiger charge is 2.55. The number of aromatic amines is 2. The maximum Gasteiger partial charge on any atom is 0.330 e. The van der Waals surface area contributed by atoms with Gasteiger partial charge in [-0.3, -0.25) is 28.7 Å². The van der Waals surface area contributed by atoms with Crippen LogP contribution in [0.3, 0.4) is 0 Å². The van der Waals surface area contributed by atoms with Crippen molar-refractivity contribution >= 4 is 49.1 Å². The average Bonchev–Trinajstić information content (AvgIpc) is 3.87. The van der Waals surface area contributed by atoms with Crippen LogP contribution in [0.15, 0.2) is 159 Å². The average molecular weight is 989 g/mol. The third kappa shape index (κ3) is 10.1. The molecular weight excluding hydrogens is 925 g/mol. The molecule has 16 heteroatoms. The van der Waals surface area contributed by atoms with E-state index in [0.717, 1.165) is 20.7 Å². The Kier molecular flexibility index (Phi) is 15.0. The molecule has 8 rings (SSSR count). The lowest BCUT2D eigenvalue weighted by Crippen LogP contribution is -2.68. The Morgan fingerprint density at radius 2 is 1.19 bits per heavy atom. The zero-order chi connectivity index (χ0) is 49.1. The number of aromatic nitrogens is 4. The first kappa shape index (κ1) is 50.2. The number of nitrogens with zero attached hydrogens (tertiary/aromatic N) is 2. The molecule has 4 heterocycles. The highest BCUT2D eigenvalue weighted by molar-refractivity contribution is 7.99. The standard InChI is InChI=1S/C53H64N4O9SSi2/c1-36-33-57(51(62)55-48(36)60)46-32-43(66-69(53(5,6)7,39-24-16-10-17-25-39)40-26-18-11-19-27-40)42(64-46)29-31-67-35-41-44(65-49(47(41)59)56-30-28-45(58)54-50(56)61)34-63-68(52(2,3)4,37-20-12-8-13-21-37)38-22-14-9-15-23-38/h8-28,30,33,41-44,46-47,49,59H,29,31-32,34-35H2,1-7H3,(H,54,58,61)(H,55,60,62)/t41-,42-,43+,44-,46-,47-,49-/m1/s1. The number of rotatable bonds is 16. The summed E-state index contributed by atoms with van der Waals surface area (Å²) in [6, 6.07) is 42.7. The summed E-state index contributed by atoms with van der Waals surface area (Å²) < 4.78 is 31.3. The van der Waals surface area contributed by atoms with Crippen LogP contribution >= 0.6 is 11.8 Å². The van der Waals surface area contributed by atoms with E-state index in [1.807, 2.05) is 72.8 Å². The van der Waals surface area contributed by atoms with Crippen LogP contribution in [0.2, 0.25) is 10.1 Å². The van der Waals surface area contributed by atoms with Gasteiger partial charge in [-0.1, -0.05) is 163 Å². The van der Waals surface area contributed by atoms with Crippen molar-refractivity contribution in [3.63, 3.8) is 0 Å². The minimum atomic E-state index is -3.09. The summed E-state index contributed by atoms with van der Waals surface area (Å²) in [4.78, 5) is 55.9. The molecule has 0 radical (unpaired) electrons. The fourth-order valence-electron chi connectivity index (χ4n) is 10.4. The van der Waals surface area contributed by atoms with Gasteiger partial charge < -0.3 is 23.4 Å². The molecule has 0 unspecified atom stereocenters. The number of aliphatic hydroxyl groups excluding tert-OH is 1. The smallest absolute Gasteiger partial charge is 0.330 e. The molecule has 7 atom stereocenters. The van der Waals surface area contributed by atoms with Gasteiger partial charge in [-0.05, 0) is 49.9 Å². The number of thioether (sulfide) groups is 1. The molecular formula is C53H64N4O9SSi2. The lowest BCUT2D eigenvalue weighted by Gasteiger charge is -2.45. The summed E-state index contributed by atoms with van der Waals surface area (Å²) in [6.07, 6.45) is -0.586. The van der Waals surface area contributed by atoms with Crippen molar-refractivity contribution < 1.29 is 23.4 Å². The van der Waals surface area contributed by atoms with E-state index < -0.39 is 81.9 Å². The van der Waals surface area contributed by atoms with E-state index in [9.17, 15) is 24.3 Å². The maximum atomic E-state index is 13.4. The van der Waals surface area contributed by atoms with Crippen LogP contribution in [0.1, 0.15) is 72.4 Å². The number of nitrogens with one attached hydrogen (secondary N) is 2. The third-order valence-electron chi connectivity index (χ3n) is 13.8. The fourth-order valence-corrected chi connectivity index (χ4v) is 20.9. The van der Waals surface area contributed by atoms with Crippen molar-refractivity contribution in [1.29, 1.82) is 0 Å². The van der Waals surface area contributed by atoms with E-state index in [2.05, 4.69) is 100 Å². The van der Waals surface area contributed by atoms with Gasteiger partial charge >= 0.3 is 11.4 Å². The second kappa shape index (κ2) is 20.7. The quantitative estimate of drug-likeness (QED) is 0.0867. The van der Waals surface area contributed by atoms with Crippen molar-refractivity contribution in [3.8, 4) is 0 Å². The Balaban J connectivity index is 1.09. The highest BCUT2D eigenvalue weighted by atomic mass is 32.2. The molecule has 0 saturated carbocycles. The molecule has 4 aromatic carbocycles. The van der Waals surface area contributed by atoms with Gasteiger partial charge in [0.2, 0.25) is 0 Å². The normalized spacial score (nSPS) is 22.2. The number of H-pyrrole nitrogens is 2. The molecule has 0 spiro atoms. The fraction of sp³-hybridized carbons (Fsp3) is 0.396. The Morgan fingerprint density at radius 3 is 1.70 bits per heavy atom. The zero-order valence-electron chi connectivity index (χ0n) is 40.4. The molecule has 69 heavy (non-hydrogen) atoms. The van der Waals surface area contributed by atoms with E-state index in [1.165, 1.54) is 21.4 Å². The van der Waals surface area contributed by atoms with Crippen LogP contribution in [0.5, 0.6) is 0 Å². The minimum absolute atomic E-state index is 0.138. The Hall–Kier alpha value is -5.18. The van der Waals surface area contributed by atoms with Gasteiger partial charge in [0.15, 0.2) is 6.23 Å².